The van der Waals surface area contributed by atoms with Crippen LogP contribution in [0.25, 0.3) is 0 Å². The third-order valence-corrected chi connectivity index (χ3v) is 3.72. The number of benzene rings is 1. The van der Waals surface area contributed by atoms with Crippen LogP contribution in [0.1, 0.15) is 25.7 Å². The van der Waals surface area contributed by atoms with Gasteiger partial charge in [0.2, 0.25) is 0 Å². The van der Waals surface area contributed by atoms with Gasteiger partial charge in [-0.15, -0.1) is 0 Å². The molecule has 5 nitrogen and oxygen atoms in total. The molecule has 1 aromatic carbocycles. The van der Waals surface area contributed by atoms with Crippen molar-refractivity contribution in [2.45, 2.75) is 37.8 Å². The summed E-state index contributed by atoms with van der Waals surface area (Å²) in [6.45, 7) is 0. The topological polar surface area (TPSA) is 55.6 Å². The number of nitro benzene ring substituents is 1. The van der Waals surface area contributed by atoms with Crippen LogP contribution in [-0.4, -0.2) is 36.1 Å². The van der Waals surface area contributed by atoms with E-state index in [4.69, 9.17) is 4.74 Å². The lowest BCUT2D eigenvalue weighted by atomic mass is 9.92. The highest BCUT2D eigenvalue weighted by atomic mass is 16.6. The van der Waals surface area contributed by atoms with Crippen molar-refractivity contribution >= 4 is 5.69 Å². The molecule has 0 radical (unpaired) electrons. The molecule has 0 bridgehead atoms. The summed E-state index contributed by atoms with van der Waals surface area (Å²) in [5, 5.41) is 10.6. The van der Waals surface area contributed by atoms with Crippen LogP contribution in [0, 0.1) is 10.1 Å². The van der Waals surface area contributed by atoms with Crippen molar-refractivity contribution < 1.29 is 9.66 Å². The van der Waals surface area contributed by atoms with E-state index in [0.717, 1.165) is 31.4 Å². The number of rotatable bonds is 4. The van der Waals surface area contributed by atoms with Crippen molar-refractivity contribution in [3.8, 4) is 5.75 Å². The molecule has 1 saturated carbocycles. The fourth-order valence-corrected chi connectivity index (χ4v) is 2.52. The van der Waals surface area contributed by atoms with Crippen molar-refractivity contribution in [3.05, 3.63) is 34.4 Å². The second kappa shape index (κ2) is 6.02. The van der Waals surface area contributed by atoms with E-state index in [1.165, 1.54) is 12.1 Å². The lowest BCUT2D eigenvalue weighted by Crippen LogP contribution is -2.35. The van der Waals surface area contributed by atoms with Crippen LogP contribution in [0.5, 0.6) is 5.75 Å². The normalized spacial score (nSPS) is 23.3. The first-order valence-corrected chi connectivity index (χ1v) is 6.64. The standard InChI is InChI=1S/C14H20N2O3/c1-15(2)11-3-7-13(8-4-11)19-14-9-5-12(6-10-14)16(17)18/h5-6,9-11,13H,3-4,7-8H2,1-2H3. The quantitative estimate of drug-likeness (QED) is 0.620. The molecule has 1 aromatic rings. The Morgan fingerprint density at radius 1 is 1.16 bits per heavy atom. The Hall–Kier alpha value is -1.62. The van der Waals surface area contributed by atoms with E-state index in [2.05, 4.69) is 19.0 Å². The zero-order chi connectivity index (χ0) is 13.8. The highest BCUT2D eigenvalue weighted by Gasteiger charge is 2.23. The van der Waals surface area contributed by atoms with Gasteiger partial charge >= 0.3 is 0 Å². The van der Waals surface area contributed by atoms with Gasteiger partial charge < -0.3 is 9.64 Å². The fourth-order valence-electron chi connectivity index (χ4n) is 2.52. The summed E-state index contributed by atoms with van der Waals surface area (Å²) < 4.78 is 5.88. The van der Waals surface area contributed by atoms with Crippen molar-refractivity contribution in [1.29, 1.82) is 0 Å². The fraction of sp³-hybridized carbons (Fsp3) is 0.571. The number of non-ortho nitro benzene ring substituents is 1. The number of hydrogen-bond donors (Lipinski definition) is 0. The van der Waals surface area contributed by atoms with E-state index in [0.29, 0.717) is 6.04 Å². The monoisotopic (exact) mass is 264 g/mol. The summed E-state index contributed by atoms with van der Waals surface area (Å²) in [6.07, 6.45) is 4.60. The molecule has 0 N–H and O–H groups in total. The first-order chi connectivity index (χ1) is 9.06. The molecule has 0 aliphatic heterocycles. The molecule has 5 heteroatoms. The Bertz CT molecular complexity index is 423. The average Bonchev–Trinajstić information content (AvgIpc) is 2.40. The third-order valence-electron chi connectivity index (χ3n) is 3.72. The van der Waals surface area contributed by atoms with Crippen LogP contribution in [0.4, 0.5) is 5.69 Å². The molecule has 0 saturated heterocycles. The Morgan fingerprint density at radius 2 is 1.74 bits per heavy atom. The predicted octanol–water partition coefficient (Wildman–Crippen LogP) is 2.85. The molecule has 2 rings (SSSR count). The van der Waals surface area contributed by atoms with E-state index in [-0.39, 0.29) is 11.8 Å². The molecule has 0 unspecified atom stereocenters. The van der Waals surface area contributed by atoms with E-state index in [1.807, 2.05) is 0 Å². The minimum atomic E-state index is -0.397. The van der Waals surface area contributed by atoms with Gasteiger partial charge in [0.15, 0.2) is 0 Å². The average molecular weight is 264 g/mol. The number of nitrogens with zero attached hydrogens (tertiary/aromatic N) is 2. The Kier molecular flexibility index (Phi) is 4.37. The van der Waals surface area contributed by atoms with Crippen molar-refractivity contribution in [2.24, 2.45) is 0 Å². The van der Waals surface area contributed by atoms with Crippen molar-refractivity contribution in [1.82, 2.24) is 4.90 Å². The SMILES string of the molecule is CN(C)C1CCC(Oc2ccc([N+](=O)[O-])cc2)CC1. The molecule has 0 amide bonds. The molecular formula is C14H20N2O3. The third kappa shape index (κ3) is 3.67. The van der Waals surface area contributed by atoms with E-state index in [9.17, 15) is 10.1 Å². The van der Waals surface area contributed by atoms with Crippen LogP contribution in [0.15, 0.2) is 24.3 Å². The molecule has 104 valence electrons. The molecule has 0 aromatic heterocycles. The summed E-state index contributed by atoms with van der Waals surface area (Å²) in [6, 6.07) is 6.98. The van der Waals surface area contributed by atoms with Crippen LogP contribution < -0.4 is 4.74 Å². The van der Waals surface area contributed by atoms with Gasteiger partial charge in [-0.2, -0.15) is 0 Å². The molecule has 0 heterocycles. The van der Waals surface area contributed by atoms with Gasteiger partial charge in [0.05, 0.1) is 11.0 Å². The van der Waals surface area contributed by atoms with Crippen LogP contribution in [0.3, 0.4) is 0 Å². The van der Waals surface area contributed by atoms with Gasteiger partial charge in [-0.1, -0.05) is 0 Å². The van der Waals surface area contributed by atoms with Crippen molar-refractivity contribution in [3.63, 3.8) is 0 Å². The summed E-state index contributed by atoms with van der Waals surface area (Å²) in [7, 11) is 4.23. The molecule has 1 aliphatic carbocycles. The van der Waals surface area contributed by atoms with Crippen LogP contribution in [0.2, 0.25) is 0 Å². The highest BCUT2D eigenvalue weighted by Crippen LogP contribution is 2.26. The maximum atomic E-state index is 10.6. The first-order valence-electron chi connectivity index (χ1n) is 6.64. The maximum absolute atomic E-state index is 10.6. The largest absolute Gasteiger partial charge is 0.490 e. The van der Waals surface area contributed by atoms with Gasteiger partial charge in [0.1, 0.15) is 5.75 Å². The summed E-state index contributed by atoms with van der Waals surface area (Å²) in [5.41, 5.74) is 0.101. The van der Waals surface area contributed by atoms with Gasteiger partial charge in [-0.3, -0.25) is 10.1 Å². The molecule has 0 atom stereocenters. The van der Waals surface area contributed by atoms with Crippen molar-refractivity contribution in [2.75, 3.05) is 14.1 Å². The Balaban J connectivity index is 1.87. The summed E-state index contributed by atoms with van der Waals surface area (Å²) >= 11 is 0. The zero-order valence-electron chi connectivity index (χ0n) is 11.4. The van der Waals surface area contributed by atoms with Gasteiger partial charge in [0.25, 0.3) is 5.69 Å². The highest BCUT2D eigenvalue weighted by molar-refractivity contribution is 5.36. The second-order valence-electron chi connectivity index (χ2n) is 5.26. The molecular weight excluding hydrogens is 244 g/mol. The minimum Gasteiger partial charge on any atom is -0.490 e. The first kappa shape index (κ1) is 13.8. The molecule has 1 aliphatic rings. The number of ether oxygens (including phenoxy) is 1. The van der Waals surface area contributed by atoms with Gasteiger partial charge in [-0.25, -0.2) is 0 Å². The minimum absolute atomic E-state index is 0.101. The number of nitro groups is 1. The number of hydrogen-bond acceptors (Lipinski definition) is 4. The molecule has 1 fully saturated rings. The van der Waals surface area contributed by atoms with E-state index in [1.54, 1.807) is 12.1 Å². The smallest absolute Gasteiger partial charge is 0.269 e. The molecule has 0 spiro atoms. The van der Waals surface area contributed by atoms with Crippen LogP contribution >= 0.6 is 0 Å². The lowest BCUT2D eigenvalue weighted by Gasteiger charge is -2.32. The summed E-state index contributed by atoms with van der Waals surface area (Å²) in [4.78, 5) is 12.4. The van der Waals surface area contributed by atoms with Gasteiger partial charge in [0, 0.05) is 18.2 Å². The second-order valence-corrected chi connectivity index (χ2v) is 5.26. The van der Waals surface area contributed by atoms with Gasteiger partial charge in [-0.05, 0) is 51.9 Å². The summed E-state index contributed by atoms with van der Waals surface area (Å²) in [5.74, 6) is 0.721. The van der Waals surface area contributed by atoms with Crippen LogP contribution in [-0.2, 0) is 0 Å². The molecule has 19 heavy (non-hydrogen) atoms. The van der Waals surface area contributed by atoms with E-state index >= 15 is 0 Å². The maximum Gasteiger partial charge on any atom is 0.269 e. The van der Waals surface area contributed by atoms with E-state index < -0.39 is 4.92 Å². The zero-order valence-corrected chi connectivity index (χ0v) is 11.4. The predicted molar refractivity (Wildman–Crippen MR) is 73.5 cm³/mol. The Morgan fingerprint density at radius 3 is 2.21 bits per heavy atom. The lowest BCUT2D eigenvalue weighted by molar-refractivity contribution is -0.384. The Labute approximate surface area is 113 Å².